The minimum Gasteiger partial charge on any atom is -0.382 e. The van der Waals surface area contributed by atoms with E-state index in [0.717, 1.165) is 62.7 Å². The average Bonchev–Trinajstić information content (AvgIpc) is 3.67. The molecule has 3 aromatic heterocycles. The Kier molecular flexibility index (Phi) is 7.74. The van der Waals surface area contributed by atoms with Crippen molar-refractivity contribution in [2.75, 3.05) is 17.7 Å². The Morgan fingerprint density at radius 1 is 1.02 bits per heavy atom. The molecule has 3 atom stereocenters. The summed E-state index contributed by atoms with van der Waals surface area (Å²) in [5.74, 6) is 0.314. The number of carbonyl (C=O) groups excluding carboxylic acids is 2. The number of hydrogen-bond acceptors (Lipinski definition) is 7. The molecule has 1 aliphatic carbocycles. The van der Waals surface area contributed by atoms with Crippen molar-refractivity contribution >= 4 is 29.0 Å². The molecule has 4 N–H and O–H groups in total. The van der Waals surface area contributed by atoms with E-state index in [1.807, 2.05) is 10.6 Å². The van der Waals surface area contributed by atoms with Crippen LogP contribution in [-0.4, -0.2) is 49.9 Å². The summed E-state index contributed by atoms with van der Waals surface area (Å²) in [5, 5.41) is 5.58. The van der Waals surface area contributed by atoms with Gasteiger partial charge in [-0.25, -0.2) is 15.0 Å². The normalized spacial score (nSPS) is 20.7. The Morgan fingerprint density at radius 3 is 2.58 bits per heavy atom. The Bertz CT molecular complexity index is 1650. The minimum absolute atomic E-state index is 0.00884. The van der Waals surface area contributed by atoms with Crippen LogP contribution in [0.3, 0.4) is 0 Å². The number of amides is 2. The number of nitrogens with one attached hydrogen (secondary N) is 2. The van der Waals surface area contributed by atoms with Gasteiger partial charge in [0, 0.05) is 48.3 Å². The summed E-state index contributed by atoms with van der Waals surface area (Å²) in [4.78, 5) is 38.5. The van der Waals surface area contributed by atoms with Crippen molar-refractivity contribution in [2.45, 2.75) is 62.8 Å². The van der Waals surface area contributed by atoms with Gasteiger partial charge in [-0.2, -0.15) is 13.2 Å². The van der Waals surface area contributed by atoms with Gasteiger partial charge in [0.1, 0.15) is 34.8 Å². The first kappa shape index (κ1) is 28.6. The van der Waals surface area contributed by atoms with E-state index in [1.165, 1.54) is 0 Å². The summed E-state index contributed by atoms with van der Waals surface area (Å²) in [7, 11) is 0. The maximum atomic E-state index is 13.0. The van der Waals surface area contributed by atoms with Gasteiger partial charge in [0.15, 0.2) is 0 Å². The molecule has 2 amide bonds. The number of hydrogen-bond donors (Lipinski definition) is 3. The van der Waals surface area contributed by atoms with Crippen molar-refractivity contribution in [1.29, 1.82) is 0 Å². The quantitative estimate of drug-likeness (QED) is 0.287. The van der Waals surface area contributed by atoms with Crippen LogP contribution >= 0.6 is 0 Å². The third-order valence-electron chi connectivity index (χ3n) is 7.97. The van der Waals surface area contributed by atoms with E-state index in [0.29, 0.717) is 29.2 Å². The number of aromatic nitrogens is 4. The highest BCUT2D eigenvalue weighted by atomic mass is 19.4. The van der Waals surface area contributed by atoms with Crippen LogP contribution in [0, 0.1) is 0 Å². The number of carbonyl (C=O) groups is 2. The number of imidazole rings is 1. The number of nitrogen functional groups attached to an aromatic ring is 1. The number of nitrogens with zero attached hydrogens (tertiary/aromatic N) is 4. The maximum Gasteiger partial charge on any atom is 0.416 e. The molecular formula is C30H30F3N7O3. The fourth-order valence-corrected chi connectivity index (χ4v) is 5.85. The predicted octanol–water partition coefficient (Wildman–Crippen LogP) is 4.97. The van der Waals surface area contributed by atoms with Crippen molar-refractivity contribution in [3.05, 3.63) is 71.9 Å². The molecule has 0 bridgehead atoms. The Labute approximate surface area is 244 Å². The standard InChI is InChI=1S/C30H30F3N7O3/c31-30(32,33)20-10-11-35-23(16-20)38-28(41)18-8-6-17(7-9-18)24-25-26(34)36-12-13-40(25)27(39-24)19-3-1-4-21(15-19)37-29(42)22-5-2-14-43-22/h6-13,16,19,21-22H,1-5,14-15H2,(H2,34,36)(H,37,42)(H,35,38,41)/t19?,21-,22?/m1/s1. The van der Waals surface area contributed by atoms with E-state index in [-0.39, 0.29) is 35.4 Å². The highest BCUT2D eigenvalue weighted by molar-refractivity contribution is 6.04. The Hall–Kier alpha value is -4.52. The number of nitrogens with two attached hydrogens (primary N) is 1. The molecule has 1 saturated heterocycles. The van der Waals surface area contributed by atoms with E-state index in [1.54, 1.807) is 30.5 Å². The fourth-order valence-electron chi connectivity index (χ4n) is 5.85. The smallest absolute Gasteiger partial charge is 0.382 e. The molecule has 0 radical (unpaired) electrons. The molecule has 2 aliphatic rings. The minimum atomic E-state index is -4.55. The zero-order valence-corrected chi connectivity index (χ0v) is 23.1. The number of pyridine rings is 1. The second-order valence-corrected chi connectivity index (χ2v) is 10.9. The first-order valence-corrected chi connectivity index (χ1v) is 14.2. The average molecular weight is 594 g/mol. The number of halogens is 3. The van der Waals surface area contributed by atoms with Crippen LogP contribution in [0.2, 0.25) is 0 Å². The van der Waals surface area contributed by atoms with Gasteiger partial charge in [-0.05, 0) is 56.4 Å². The molecule has 4 aromatic rings. The number of benzene rings is 1. The summed E-state index contributed by atoms with van der Waals surface area (Å²) >= 11 is 0. The number of rotatable bonds is 6. The van der Waals surface area contributed by atoms with E-state index in [2.05, 4.69) is 20.6 Å². The first-order valence-electron chi connectivity index (χ1n) is 14.2. The van der Waals surface area contributed by atoms with Crippen LogP contribution in [0.5, 0.6) is 0 Å². The fraction of sp³-hybridized carbons (Fsp3) is 0.367. The van der Waals surface area contributed by atoms with Gasteiger partial charge in [0.2, 0.25) is 5.91 Å². The molecule has 0 spiro atoms. The molecular weight excluding hydrogens is 563 g/mol. The molecule has 224 valence electrons. The lowest BCUT2D eigenvalue weighted by Crippen LogP contribution is -2.43. The molecule has 2 unspecified atom stereocenters. The van der Waals surface area contributed by atoms with Crippen LogP contribution in [0.4, 0.5) is 24.8 Å². The van der Waals surface area contributed by atoms with Gasteiger partial charge in [-0.3, -0.25) is 14.0 Å². The van der Waals surface area contributed by atoms with Crippen LogP contribution in [-0.2, 0) is 15.7 Å². The number of anilines is 2. The predicted molar refractivity (Wildman–Crippen MR) is 152 cm³/mol. The van der Waals surface area contributed by atoms with Crippen molar-refractivity contribution in [3.63, 3.8) is 0 Å². The number of ether oxygens (including phenoxy) is 1. The lowest BCUT2D eigenvalue weighted by atomic mass is 9.85. The molecule has 6 rings (SSSR count). The second kappa shape index (κ2) is 11.6. The summed E-state index contributed by atoms with van der Waals surface area (Å²) in [5.41, 5.74) is 7.56. The highest BCUT2D eigenvalue weighted by Gasteiger charge is 2.32. The third-order valence-corrected chi connectivity index (χ3v) is 7.97. The zero-order chi connectivity index (χ0) is 30.1. The first-order chi connectivity index (χ1) is 20.7. The zero-order valence-electron chi connectivity index (χ0n) is 23.1. The van der Waals surface area contributed by atoms with Crippen LogP contribution in [0.15, 0.2) is 55.0 Å². The Morgan fingerprint density at radius 2 is 1.84 bits per heavy atom. The lowest BCUT2D eigenvalue weighted by Gasteiger charge is -2.29. The van der Waals surface area contributed by atoms with Gasteiger partial charge in [-0.15, -0.1) is 0 Å². The van der Waals surface area contributed by atoms with Crippen molar-refractivity contribution in [1.82, 2.24) is 24.7 Å². The van der Waals surface area contributed by atoms with E-state index < -0.39 is 17.6 Å². The van der Waals surface area contributed by atoms with Gasteiger partial charge in [0.25, 0.3) is 5.91 Å². The molecule has 1 aliphatic heterocycles. The van der Waals surface area contributed by atoms with E-state index >= 15 is 0 Å². The Balaban J connectivity index is 1.23. The third kappa shape index (κ3) is 6.03. The van der Waals surface area contributed by atoms with Crippen LogP contribution < -0.4 is 16.4 Å². The maximum absolute atomic E-state index is 13.0. The van der Waals surface area contributed by atoms with Gasteiger partial charge in [-0.1, -0.05) is 18.6 Å². The SMILES string of the molecule is Nc1nccn2c(C3CCC[C@@H](NC(=O)C4CCCO4)C3)nc(-c3ccc(C(=O)Nc4cc(C(F)(F)F)ccn4)cc3)c12. The topological polar surface area (TPSA) is 137 Å². The van der Waals surface area contributed by atoms with Crippen LogP contribution in [0.25, 0.3) is 16.8 Å². The number of fused-ring (bicyclic) bond motifs is 1. The monoisotopic (exact) mass is 593 g/mol. The summed E-state index contributed by atoms with van der Waals surface area (Å²) in [6, 6.07) is 8.17. The van der Waals surface area contributed by atoms with Crippen molar-refractivity contribution < 1.29 is 27.5 Å². The molecule has 43 heavy (non-hydrogen) atoms. The summed E-state index contributed by atoms with van der Waals surface area (Å²) in [6.45, 7) is 0.613. The van der Waals surface area contributed by atoms with Gasteiger partial charge < -0.3 is 21.1 Å². The van der Waals surface area contributed by atoms with Crippen molar-refractivity contribution in [3.8, 4) is 11.3 Å². The van der Waals surface area contributed by atoms with Gasteiger partial charge in [0.05, 0.1) is 5.56 Å². The molecule has 13 heteroatoms. The summed E-state index contributed by atoms with van der Waals surface area (Å²) in [6.07, 6.45) is 4.56. The molecule has 1 aromatic carbocycles. The molecule has 4 heterocycles. The van der Waals surface area contributed by atoms with E-state index in [9.17, 15) is 22.8 Å². The van der Waals surface area contributed by atoms with Gasteiger partial charge >= 0.3 is 6.18 Å². The van der Waals surface area contributed by atoms with Crippen LogP contribution in [0.1, 0.15) is 66.2 Å². The molecule has 1 saturated carbocycles. The summed E-state index contributed by atoms with van der Waals surface area (Å²) < 4.78 is 46.6. The number of alkyl halides is 3. The van der Waals surface area contributed by atoms with Crippen molar-refractivity contribution in [2.24, 2.45) is 0 Å². The second-order valence-electron chi connectivity index (χ2n) is 10.9. The lowest BCUT2D eigenvalue weighted by molar-refractivity contribution is -0.137. The van der Waals surface area contributed by atoms with E-state index in [4.69, 9.17) is 15.5 Å². The highest BCUT2D eigenvalue weighted by Crippen LogP contribution is 2.37. The largest absolute Gasteiger partial charge is 0.416 e. The molecule has 2 fully saturated rings. The molecule has 10 nitrogen and oxygen atoms in total.